The number of nitrogens with one attached hydrogen (secondary N) is 1. The normalized spacial score (nSPS) is 16.5. The summed E-state index contributed by atoms with van der Waals surface area (Å²) in [7, 11) is 3.00. The van der Waals surface area contributed by atoms with Crippen LogP contribution in [0.25, 0.3) is 0 Å². The molecule has 8 heteroatoms. The highest BCUT2D eigenvalue weighted by Gasteiger charge is 2.24. The Morgan fingerprint density at radius 3 is 2.63 bits per heavy atom. The van der Waals surface area contributed by atoms with Gasteiger partial charge in [0.15, 0.2) is 11.5 Å². The summed E-state index contributed by atoms with van der Waals surface area (Å²) in [5, 5.41) is 11.4. The number of carbonyl (C=O) groups excluding carboxylic acids is 2. The summed E-state index contributed by atoms with van der Waals surface area (Å²) < 4.78 is 10.3. The molecule has 1 atom stereocenters. The SMILES string of the molecule is COc1ccc(C(=O)NCC(=O)N2CCCC(CCC(=O)O)C2)cc1OC. The Labute approximate surface area is 158 Å². The van der Waals surface area contributed by atoms with Crippen molar-refractivity contribution < 1.29 is 29.0 Å². The van der Waals surface area contributed by atoms with E-state index in [0.29, 0.717) is 36.6 Å². The standard InChI is InChI=1S/C19H26N2O6/c1-26-15-7-6-14(10-16(15)27-2)19(25)20-11-17(22)21-9-3-4-13(12-21)5-8-18(23)24/h6-7,10,13H,3-5,8-9,11-12H2,1-2H3,(H,20,25)(H,23,24). The van der Waals surface area contributed by atoms with Gasteiger partial charge in [0.05, 0.1) is 20.8 Å². The highest BCUT2D eigenvalue weighted by atomic mass is 16.5. The molecule has 1 aromatic rings. The number of ether oxygens (including phenoxy) is 2. The molecule has 0 aromatic heterocycles. The van der Waals surface area contributed by atoms with E-state index in [1.807, 2.05) is 0 Å². The van der Waals surface area contributed by atoms with Crippen LogP contribution in [-0.4, -0.2) is 61.6 Å². The maximum absolute atomic E-state index is 12.4. The number of piperidine rings is 1. The van der Waals surface area contributed by atoms with Crippen molar-refractivity contribution in [3.05, 3.63) is 23.8 Å². The second-order valence-electron chi connectivity index (χ2n) is 6.53. The number of amides is 2. The van der Waals surface area contributed by atoms with Crippen LogP contribution in [0.15, 0.2) is 18.2 Å². The molecule has 1 fully saturated rings. The molecule has 2 amide bonds. The van der Waals surface area contributed by atoms with Gasteiger partial charge in [-0.25, -0.2) is 0 Å². The van der Waals surface area contributed by atoms with Gasteiger partial charge >= 0.3 is 5.97 Å². The van der Waals surface area contributed by atoms with Gasteiger partial charge in [0.1, 0.15) is 0 Å². The van der Waals surface area contributed by atoms with Gasteiger partial charge in [-0.2, -0.15) is 0 Å². The van der Waals surface area contributed by atoms with E-state index in [2.05, 4.69) is 5.32 Å². The Morgan fingerprint density at radius 1 is 1.22 bits per heavy atom. The second kappa shape index (κ2) is 9.80. The van der Waals surface area contributed by atoms with E-state index in [4.69, 9.17) is 14.6 Å². The smallest absolute Gasteiger partial charge is 0.303 e. The molecule has 2 N–H and O–H groups in total. The lowest BCUT2D eigenvalue weighted by Crippen LogP contribution is -2.45. The zero-order valence-corrected chi connectivity index (χ0v) is 15.7. The van der Waals surface area contributed by atoms with E-state index in [1.165, 1.54) is 14.2 Å². The largest absolute Gasteiger partial charge is 0.493 e. The summed E-state index contributed by atoms with van der Waals surface area (Å²) in [5.41, 5.74) is 0.374. The molecule has 0 bridgehead atoms. The summed E-state index contributed by atoms with van der Waals surface area (Å²) in [4.78, 5) is 37.1. The third-order valence-electron chi connectivity index (χ3n) is 4.68. The van der Waals surface area contributed by atoms with Crippen LogP contribution in [0.3, 0.4) is 0 Å². The topological polar surface area (TPSA) is 105 Å². The van der Waals surface area contributed by atoms with Crippen LogP contribution in [0, 0.1) is 5.92 Å². The van der Waals surface area contributed by atoms with E-state index in [9.17, 15) is 14.4 Å². The molecule has 0 saturated carbocycles. The van der Waals surface area contributed by atoms with Crippen LogP contribution >= 0.6 is 0 Å². The Hall–Kier alpha value is -2.77. The molecule has 27 heavy (non-hydrogen) atoms. The van der Waals surface area contributed by atoms with Crippen molar-refractivity contribution in [1.29, 1.82) is 0 Å². The highest BCUT2D eigenvalue weighted by Crippen LogP contribution is 2.27. The number of carboxylic acids is 1. The Bertz CT molecular complexity index is 691. The lowest BCUT2D eigenvalue weighted by atomic mass is 9.93. The maximum atomic E-state index is 12.4. The average Bonchev–Trinajstić information content (AvgIpc) is 2.69. The Morgan fingerprint density at radius 2 is 1.96 bits per heavy atom. The fraction of sp³-hybridized carbons (Fsp3) is 0.526. The molecule has 0 aliphatic carbocycles. The number of nitrogens with zero attached hydrogens (tertiary/aromatic N) is 1. The second-order valence-corrected chi connectivity index (χ2v) is 6.53. The van der Waals surface area contributed by atoms with Crippen LogP contribution in [0.5, 0.6) is 11.5 Å². The van der Waals surface area contributed by atoms with E-state index in [0.717, 1.165) is 12.8 Å². The summed E-state index contributed by atoms with van der Waals surface area (Å²) in [6, 6.07) is 4.79. The van der Waals surface area contributed by atoms with Crippen LogP contribution in [0.1, 0.15) is 36.0 Å². The van der Waals surface area contributed by atoms with Gasteiger partial charge in [-0.05, 0) is 43.4 Å². The minimum atomic E-state index is -0.819. The van der Waals surface area contributed by atoms with Gasteiger partial charge in [0.2, 0.25) is 5.91 Å². The van der Waals surface area contributed by atoms with Crippen molar-refractivity contribution >= 4 is 17.8 Å². The first-order valence-electron chi connectivity index (χ1n) is 8.94. The summed E-state index contributed by atoms with van der Waals surface area (Å²) in [6.07, 6.45) is 2.45. The molecule has 2 rings (SSSR count). The van der Waals surface area contributed by atoms with Gasteiger partial charge in [-0.15, -0.1) is 0 Å². The number of carboxylic acid groups (broad SMARTS) is 1. The summed E-state index contributed by atoms with van der Waals surface area (Å²) >= 11 is 0. The molecule has 1 aliphatic rings. The van der Waals surface area contributed by atoms with Crippen molar-refractivity contribution in [3.8, 4) is 11.5 Å². The van der Waals surface area contributed by atoms with Gasteiger partial charge in [0, 0.05) is 25.1 Å². The van der Waals surface area contributed by atoms with Crippen LogP contribution in [0.4, 0.5) is 0 Å². The third-order valence-corrected chi connectivity index (χ3v) is 4.68. The van der Waals surface area contributed by atoms with Gasteiger partial charge in [-0.3, -0.25) is 14.4 Å². The first-order valence-corrected chi connectivity index (χ1v) is 8.94. The molecule has 0 radical (unpaired) electrons. The number of rotatable bonds is 8. The van der Waals surface area contributed by atoms with Crippen LogP contribution in [-0.2, 0) is 9.59 Å². The van der Waals surface area contributed by atoms with Crippen molar-refractivity contribution in [1.82, 2.24) is 10.2 Å². The van der Waals surface area contributed by atoms with Crippen molar-refractivity contribution in [2.24, 2.45) is 5.92 Å². The quantitative estimate of drug-likeness (QED) is 0.711. The maximum Gasteiger partial charge on any atom is 0.303 e. The lowest BCUT2D eigenvalue weighted by Gasteiger charge is -2.32. The average molecular weight is 378 g/mol. The van der Waals surface area contributed by atoms with Gasteiger partial charge in [0.25, 0.3) is 5.91 Å². The number of methoxy groups -OCH3 is 2. The molecule has 1 aliphatic heterocycles. The minimum Gasteiger partial charge on any atom is -0.493 e. The van der Waals surface area contributed by atoms with Crippen molar-refractivity contribution in [2.75, 3.05) is 33.9 Å². The van der Waals surface area contributed by atoms with E-state index >= 15 is 0 Å². The number of hydrogen-bond donors (Lipinski definition) is 2. The zero-order valence-electron chi connectivity index (χ0n) is 15.7. The molecular weight excluding hydrogens is 352 g/mol. The fourth-order valence-electron chi connectivity index (χ4n) is 3.20. The third kappa shape index (κ3) is 5.87. The summed E-state index contributed by atoms with van der Waals surface area (Å²) in [6.45, 7) is 1.08. The van der Waals surface area contributed by atoms with E-state index < -0.39 is 5.97 Å². The molecule has 148 valence electrons. The molecule has 0 spiro atoms. The minimum absolute atomic E-state index is 0.0984. The number of aliphatic carboxylic acids is 1. The number of likely N-dealkylation sites (tertiary alicyclic amines) is 1. The number of hydrogen-bond acceptors (Lipinski definition) is 5. The lowest BCUT2D eigenvalue weighted by molar-refractivity contribution is -0.137. The molecule has 1 heterocycles. The monoisotopic (exact) mass is 378 g/mol. The molecular formula is C19H26N2O6. The van der Waals surface area contributed by atoms with Crippen molar-refractivity contribution in [3.63, 3.8) is 0 Å². The summed E-state index contributed by atoms with van der Waals surface area (Å²) in [5.74, 6) is -0.201. The van der Waals surface area contributed by atoms with Crippen LogP contribution in [0.2, 0.25) is 0 Å². The van der Waals surface area contributed by atoms with Gasteiger partial charge in [-0.1, -0.05) is 0 Å². The predicted molar refractivity (Wildman–Crippen MR) is 98.1 cm³/mol. The molecule has 8 nitrogen and oxygen atoms in total. The number of benzene rings is 1. The van der Waals surface area contributed by atoms with E-state index in [1.54, 1.807) is 23.1 Å². The molecule has 1 saturated heterocycles. The highest BCUT2D eigenvalue weighted by molar-refractivity contribution is 5.97. The molecule has 1 aromatic carbocycles. The van der Waals surface area contributed by atoms with E-state index in [-0.39, 0.29) is 30.7 Å². The predicted octanol–water partition coefficient (Wildman–Crippen LogP) is 1.54. The zero-order chi connectivity index (χ0) is 19.8. The fourth-order valence-corrected chi connectivity index (χ4v) is 3.20. The molecule has 1 unspecified atom stereocenters. The van der Waals surface area contributed by atoms with Crippen LogP contribution < -0.4 is 14.8 Å². The Kier molecular flexibility index (Phi) is 7.45. The van der Waals surface area contributed by atoms with Crippen molar-refractivity contribution in [2.45, 2.75) is 25.7 Å². The number of carbonyl (C=O) groups is 3. The van der Waals surface area contributed by atoms with Gasteiger partial charge < -0.3 is 24.8 Å². The first-order chi connectivity index (χ1) is 12.9. The first kappa shape index (κ1) is 20.5. The Balaban J connectivity index is 1.87.